The van der Waals surface area contributed by atoms with Crippen LogP contribution in [0.5, 0.6) is 5.75 Å². The Morgan fingerprint density at radius 1 is 0.950 bits per heavy atom. The van der Waals surface area contributed by atoms with Gasteiger partial charge in [-0.15, -0.1) is 0 Å². The minimum atomic E-state index is -4.18. The fraction of sp³-hybridized carbons (Fsp3) is 0.310. The number of carbonyl (C=O) groups excluding carboxylic acids is 2. The fourth-order valence-corrected chi connectivity index (χ4v) is 5.83. The first-order valence-corrected chi connectivity index (χ1v) is 15.0. The number of nitrogens with zero attached hydrogens (tertiary/aromatic N) is 2. The highest BCUT2D eigenvalue weighted by Gasteiger charge is 2.33. The number of hydrogen-bond acceptors (Lipinski definition) is 5. The van der Waals surface area contributed by atoms with Crippen LogP contribution in [0.4, 0.5) is 5.69 Å². The Kier molecular flexibility index (Phi) is 10.8. The van der Waals surface area contributed by atoms with E-state index in [9.17, 15) is 18.0 Å². The van der Waals surface area contributed by atoms with Gasteiger partial charge in [0.15, 0.2) is 0 Å². The molecule has 3 rings (SSSR count). The van der Waals surface area contributed by atoms with E-state index in [1.165, 1.54) is 17.0 Å². The van der Waals surface area contributed by atoms with Crippen molar-refractivity contribution in [2.45, 2.75) is 51.2 Å². The monoisotopic (exact) mass is 605 g/mol. The highest BCUT2D eigenvalue weighted by molar-refractivity contribution is 7.92. The molecule has 0 heterocycles. The lowest BCUT2D eigenvalue weighted by Gasteiger charge is -2.32. The predicted octanol–water partition coefficient (Wildman–Crippen LogP) is 5.53. The van der Waals surface area contributed by atoms with Crippen molar-refractivity contribution in [3.8, 4) is 5.75 Å². The third kappa shape index (κ3) is 7.90. The molecule has 1 atom stereocenters. The number of hydrogen-bond donors (Lipinski definition) is 1. The van der Waals surface area contributed by atoms with Gasteiger partial charge in [0.2, 0.25) is 11.8 Å². The van der Waals surface area contributed by atoms with Gasteiger partial charge >= 0.3 is 0 Å². The van der Waals surface area contributed by atoms with Crippen LogP contribution in [-0.2, 0) is 26.2 Å². The van der Waals surface area contributed by atoms with Crippen LogP contribution in [0.1, 0.15) is 33.3 Å². The zero-order chi connectivity index (χ0) is 29.4. The van der Waals surface area contributed by atoms with Crippen LogP contribution < -0.4 is 14.4 Å². The molecule has 0 aliphatic rings. The number of ether oxygens (including phenoxy) is 1. The van der Waals surface area contributed by atoms with Gasteiger partial charge in [-0.05, 0) is 81.8 Å². The van der Waals surface area contributed by atoms with E-state index in [1.54, 1.807) is 67.6 Å². The summed E-state index contributed by atoms with van der Waals surface area (Å²) < 4.78 is 34.2. The number of benzene rings is 3. The maximum absolute atomic E-state index is 13.9. The zero-order valence-electron chi connectivity index (χ0n) is 22.8. The fourth-order valence-electron chi connectivity index (χ4n) is 3.95. The third-order valence-electron chi connectivity index (χ3n) is 6.00. The lowest BCUT2D eigenvalue weighted by atomic mass is 10.1. The second kappa shape index (κ2) is 13.9. The molecule has 0 saturated heterocycles. The second-order valence-corrected chi connectivity index (χ2v) is 12.1. The van der Waals surface area contributed by atoms with Crippen LogP contribution in [-0.4, -0.2) is 50.4 Å². The first kappa shape index (κ1) is 31.3. The first-order valence-electron chi connectivity index (χ1n) is 12.8. The Bertz CT molecular complexity index is 1420. The molecule has 40 heavy (non-hydrogen) atoms. The topological polar surface area (TPSA) is 96.0 Å². The maximum atomic E-state index is 13.9. The average Bonchev–Trinajstić information content (AvgIpc) is 2.91. The van der Waals surface area contributed by atoms with Crippen molar-refractivity contribution >= 4 is 50.7 Å². The molecular formula is C29H33Cl2N3O5S. The van der Waals surface area contributed by atoms with Gasteiger partial charge in [-0.25, -0.2) is 8.42 Å². The molecule has 2 amide bonds. The predicted molar refractivity (Wildman–Crippen MR) is 158 cm³/mol. The van der Waals surface area contributed by atoms with E-state index in [1.807, 2.05) is 20.8 Å². The molecule has 0 saturated carbocycles. The molecule has 1 N–H and O–H groups in total. The molecule has 0 radical (unpaired) electrons. The number of halogens is 2. The van der Waals surface area contributed by atoms with Gasteiger partial charge in [0.25, 0.3) is 10.0 Å². The van der Waals surface area contributed by atoms with Crippen LogP contribution in [0.15, 0.2) is 77.7 Å². The van der Waals surface area contributed by atoms with E-state index >= 15 is 0 Å². The van der Waals surface area contributed by atoms with E-state index in [0.29, 0.717) is 33.7 Å². The minimum Gasteiger partial charge on any atom is -0.494 e. The molecular weight excluding hydrogens is 573 g/mol. The van der Waals surface area contributed by atoms with Gasteiger partial charge in [0.05, 0.1) is 17.2 Å². The molecule has 3 aromatic rings. The molecule has 11 heteroatoms. The lowest BCUT2D eigenvalue weighted by molar-refractivity contribution is -0.139. The summed E-state index contributed by atoms with van der Waals surface area (Å²) in [6, 6.07) is 18.1. The van der Waals surface area contributed by atoms with E-state index < -0.39 is 28.5 Å². The number of nitrogens with one attached hydrogen (secondary N) is 1. The van der Waals surface area contributed by atoms with Crippen molar-refractivity contribution in [1.29, 1.82) is 0 Å². The van der Waals surface area contributed by atoms with Gasteiger partial charge in [0.1, 0.15) is 18.3 Å². The summed E-state index contributed by atoms with van der Waals surface area (Å²) in [5, 5.41) is 3.56. The number of sulfonamides is 1. The number of carbonyl (C=O) groups is 2. The van der Waals surface area contributed by atoms with Crippen LogP contribution in [0.25, 0.3) is 0 Å². The van der Waals surface area contributed by atoms with Crippen LogP contribution >= 0.6 is 23.2 Å². The molecule has 0 fully saturated rings. The van der Waals surface area contributed by atoms with Crippen molar-refractivity contribution in [1.82, 2.24) is 10.2 Å². The van der Waals surface area contributed by atoms with Gasteiger partial charge in [-0.3, -0.25) is 13.9 Å². The SMILES string of the molecule is CCOc1ccc(S(=O)(=O)N(CC(=O)N(Cc2ccc(Cl)cc2Cl)C(C)C(=O)NC(C)C)c2ccccc2)cc1. The Hall–Kier alpha value is -3.27. The smallest absolute Gasteiger partial charge is 0.264 e. The first-order chi connectivity index (χ1) is 18.9. The highest BCUT2D eigenvalue weighted by atomic mass is 35.5. The van der Waals surface area contributed by atoms with E-state index in [0.717, 1.165) is 4.31 Å². The number of rotatable bonds is 12. The number of para-hydroxylation sites is 1. The Morgan fingerprint density at radius 2 is 1.60 bits per heavy atom. The Morgan fingerprint density at radius 3 is 2.17 bits per heavy atom. The second-order valence-electron chi connectivity index (χ2n) is 9.35. The van der Waals surface area contributed by atoms with Crippen LogP contribution in [0.3, 0.4) is 0 Å². The van der Waals surface area contributed by atoms with Gasteiger partial charge in [0, 0.05) is 22.6 Å². The van der Waals surface area contributed by atoms with Crippen LogP contribution in [0, 0.1) is 0 Å². The van der Waals surface area contributed by atoms with Gasteiger partial charge in [-0.2, -0.15) is 0 Å². The summed E-state index contributed by atoms with van der Waals surface area (Å²) in [6.45, 7) is 6.90. The Balaban J connectivity index is 2.01. The number of amides is 2. The molecule has 3 aromatic carbocycles. The molecule has 0 spiro atoms. The van der Waals surface area contributed by atoms with E-state index in [2.05, 4.69) is 5.32 Å². The normalized spacial score (nSPS) is 12.1. The summed E-state index contributed by atoms with van der Waals surface area (Å²) in [4.78, 5) is 28.2. The highest BCUT2D eigenvalue weighted by Crippen LogP contribution is 2.27. The van der Waals surface area contributed by atoms with Crippen molar-refractivity contribution in [3.63, 3.8) is 0 Å². The third-order valence-corrected chi connectivity index (χ3v) is 8.37. The van der Waals surface area contributed by atoms with E-state index in [-0.39, 0.29) is 23.4 Å². The summed E-state index contributed by atoms with van der Waals surface area (Å²) in [5.41, 5.74) is 0.859. The summed E-state index contributed by atoms with van der Waals surface area (Å²) in [6.07, 6.45) is 0. The molecule has 1 unspecified atom stereocenters. The van der Waals surface area contributed by atoms with Crippen LogP contribution in [0.2, 0.25) is 10.0 Å². The van der Waals surface area contributed by atoms with Gasteiger partial charge in [-0.1, -0.05) is 47.5 Å². The Labute approximate surface area is 245 Å². The maximum Gasteiger partial charge on any atom is 0.264 e. The molecule has 0 aromatic heterocycles. The summed E-state index contributed by atoms with van der Waals surface area (Å²) in [5.74, 6) is -0.440. The molecule has 0 aliphatic carbocycles. The average molecular weight is 607 g/mol. The quantitative estimate of drug-likeness (QED) is 0.293. The molecule has 0 aliphatic heterocycles. The number of anilines is 1. The van der Waals surface area contributed by atoms with Gasteiger partial charge < -0.3 is 15.0 Å². The van der Waals surface area contributed by atoms with Crippen molar-refractivity contribution in [2.75, 3.05) is 17.5 Å². The van der Waals surface area contributed by atoms with Crippen molar-refractivity contribution < 1.29 is 22.7 Å². The minimum absolute atomic E-state index is 0.00880. The zero-order valence-corrected chi connectivity index (χ0v) is 25.1. The standard InChI is InChI=1S/C29H33Cl2N3O5S/c1-5-39-25-13-15-26(16-14-25)40(37,38)34(24-9-7-6-8-10-24)19-28(35)33(21(4)29(36)32-20(2)3)18-22-11-12-23(30)17-27(22)31/h6-17,20-21H,5,18-19H2,1-4H3,(H,32,36). The molecule has 8 nitrogen and oxygen atoms in total. The lowest BCUT2D eigenvalue weighted by Crippen LogP contribution is -2.52. The summed E-state index contributed by atoms with van der Waals surface area (Å²) >= 11 is 12.4. The largest absolute Gasteiger partial charge is 0.494 e. The van der Waals surface area contributed by atoms with Crippen molar-refractivity contribution in [3.05, 3.63) is 88.4 Å². The van der Waals surface area contributed by atoms with E-state index in [4.69, 9.17) is 27.9 Å². The van der Waals surface area contributed by atoms with Crippen molar-refractivity contribution in [2.24, 2.45) is 0 Å². The molecule has 0 bridgehead atoms. The summed E-state index contributed by atoms with van der Waals surface area (Å²) in [7, 11) is -4.18. The molecule has 214 valence electrons.